The van der Waals surface area contributed by atoms with Gasteiger partial charge in [0.15, 0.2) is 5.75 Å². The molecule has 0 aliphatic carbocycles. The van der Waals surface area contributed by atoms with Crippen molar-refractivity contribution in [3.05, 3.63) is 59.1 Å². The monoisotopic (exact) mass is 378 g/mol. The van der Waals surface area contributed by atoms with Crippen molar-refractivity contribution in [3.63, 3.8) is 0 Å². The second kappa shape index (κ2) is 9.43. The number of carbonyl (C=O) groups is 3. The lowest BCUT2D eigenvalue weighted by Gasteiger charge is -2.09. The predicted octanol–water partition coefficient (Wildman–Crippen LogP) is 3.64. The van der Waals surface area contributed by atoms with E-state index >= 15 is 0 Å². The molecule has 0 aliphatic rings. The fourth-order valence-corrected chi connectivity index (χ4v) is 2.05. The van der Waals surface area contributed by atoms with Crippen molar-refractivity contribution in [1.29, 1.82) is 0 Å². The van der Waals surface area contributed by atoms with Crippen LogP contribution in [0.25, 0.3) is 0 Å². The Labute approximate surface area is 154 Å². The Morgan fingerprint density at radius 3 is 2.27 bits per heavy atom. The van der Waals surface area contributed by atoms with E-state index in [4.69, 9.17) is 25.8 Å². The first-order valence-corrected chi connectivity index (χ1v) is 7.86. The van der Waals surface area contributed by atoms with Crippen LogP contribution in [0.2, 0.25) is 5.02 Å². The van der Waals surface area contributed by atoms with Gasteiger partial charge in [0.05, 0.1) is 18.6 Å². The van der Waals surface area contributed by atoms with Gasteiger partial charge in [-0.05, 0) is 24.3 Å². The SMILES string of the molecule is COC(=O)c1ccccc1OC(=O)CCOC(=O)Oc1ccccc1Cl. The number of carbonyl (C=O) groups excluding carboxylic acids is 3. The van der Waals surface area contributed by atoms with Crippen LogP contribution in [0.5, 0.6) is 11.5 Å². The number of halogens is 1. The van der Waals surface area contributed by atoms with Gasteiger partial charge in [0.25, 0.3) is 0 Å². The van der Waals surface area contributed by atoms with E-state index in [1.165, 1.54) is 25.3 Å². The molecule has 2 aromatic rings. The molecule has 0 atom stereocenters. The first kappa shape index (κ1) is 19.3. The summed E-state index contributed by atoms with van der Waals surface area (Å²) >= 11 is 5.85. The molecular weight excluding hydrogens is 364 g/mol. The highest BCUT2D eigenvalue weighted by Crippen LogP contribution is 2.23. The van der Waals surface area contributed by atoms with Gasteiger partial charge in [0.1, 0.15) is 17.9 Å². The molecule has 0 unspecified atom stereocenters. The third-order valence-corrected chi connectivity index (χ3v) is 3.38. The Morgan fingerprint density at radius 2 is 1.58 bits per heavy atom. The first-order valence-electron chi connectivity index (χ1n) is 7.48. The molecule has 0 bridgehead atoms. The molecule has 0 aliphatic heterocycles. The van der Waals surface area contributed by atoms with Crippen LogP contribution in [0.4, 0.5) is 4.79 Å². The number of ether oxygens (including phenoxy) is 4. The summed E-state index contributed by atoms with van der Waals surface area (Å²) in [6.45, 7) is -0.261. The van der Waals surface area contributed by atoms with Crippen LogP contribution in [0.15, 0.2) is 48.5 Å². The number of esters is 2. The lowest BCUT2D eigenvalue weighted by Crippen LogP contribution is -2.17. The Kier molecular flexibility index (Phi) is 6.99. The van der Waals surface area contributed by atoms with E-state index in [9.17, 15) is 14.4 Å². The summed E-state index contributed by atoms with van der Waals surface area (Å²) in [5, 5.41) is 0.253. The zero-order valence-electron chi connectivity index (χ0n) is 13.8. The predicted molar refractivity (Wildman–Crippen MR) is 91.5 cm³/mol. The molecule has 0 heterocycles. The molecule has 136 valence electrons. The average molecular weight is 379 g/mol. The minimum Gasteiger partial charge on any atom is -0.465 e. The van der Waals surface area contributed by atoms with E-state index < -0.39 is 18.1 Å². The largest absolute Gasteiger partial charge is 0.513 e. The molecule has 0 fully saturated rings. The minimum absolute atomic E-state index is 0.0583. The maximum absolute atomic E-state index is 11.8. The highest BCUT2D eigenvalue weighted by molar-refractivity contribution is 6.32. The van der Waals surface area contributed by atoms with Gasteiger partial charge in [-0.25, -0.2) is 9.59 Å². The Hall–Kier alpha value is -3.06. The Bertz CT molecular complexity index is 804. The van der Waals surface area contributed by atoms with E-state index in [2.05, 4.69) is 4.74 Å². The summed E-state index contributed by atoms with van der Waals surface area (Å²) in [6.07, 6.45) is -1.23. The standard InChI is InChI=1S/C18H15ClO7/c1-23-17(21)12-6-2-4-8-14(12)25-16(20)10-11-24-18(22)26-15-9-5-3-7-13(15)19/h2-9H,10-11H2,1H3. The summed E-state index contributed by atoms with van der Waals surface area (Å²) in [7, 11) is 1.22. The van der Waals surface area contributed by atoms with E-state index in [1.54, 1.807) is 30.3 Å². The Morgan fingerprint density at radius 1 is 0.923 bits per heavy atom. The van der Waals surface area contributed by atoms with Crippen molar-refractivity contribution in [2.75, 3.05) is 13.7 Å². The van der Waals surface area contributed by atoms with Gasteiger partial charge in [-0.15, -0.1) is 0 Å². The normalized spacial score (nSPS) is 9.92. The van der Waals surface area contributed by atoms with Gasteiger partial charge in [0.2, 0.25) is 0 Å². The molecule has 2 rings (SSSR count). The molecule has 0 saturated carbocycles. The molecule has 8 heteroatoms. The van der Waals surface area contributed by atoms with Crippen molar-refractivity contribution in [3.8, 4) is 11.5 Å². The van der Waals surface area contributed by atoms with Crippen LogP contribution in [-0.2, 0) is 14.3 Å². The molecule has 0 spiro atoms. The zero-order valence-corrected chi connectivity index (χ0v) is 14.5. The quantitative estimate of drug-likeness (QED) is 0.430. The summed E-state index contributed by atoms with van der Waals surface area (Å²) in [4.78, 5) is 35.0. The number of hydrogen-bond donors (Lipinski definition) is 0. The van der Waals surface area contributed by atoms with Gasteiger partial charge >= 0.3 is 18.1 Å². The second-order valence-electron chi connectivity index (χ2n) is 4.84. The summed E-state index contributed by atoms with van der Waals surface area (Å²) in [5.74, 6) is -1.11. The lowest BCUT2D eigenvalue weighted by atomic mass is 10.2. The molecule has 2 aromatic carbocycles. The molecule has 7 nitrogen and oxygen atoms in total. The van der Waals surface area contributed by atoms with E-state index in [-0.39, 0.29) is 35.1 Å². The molecule has 0 radical (unpaired) electrons. The molecule has 0 amide bonds. The van der Waals surface area contributed by atoms with Crippen LogP contribution >= 0.6 is 11.6 Å². The molecular formula is C18H15ClO7. The van der Waals surface area contributed by atoms with Crippen molar-refractivity contribution in [2.45, 2.75) is 6.42 Å². The van der Waals surface area contributed by atoms with E-state index in [0.29, 0.717) is 0 Å². The van der Waals surface area contributed by atoms with Crippen LogP contribution in [0.3, 0.4) is 0 Å². The molecule has 0 N–H and O–H groups in total. The topological polar surface area (TPSA) is 88.1 Å². The average Bonchev–Trinajstić information content (AvgIpc) is 2.63. The van der Waals surface area contributed by atoms with Gasteiger partial charge in [-0.1, -0.05) is 35.9 Å². The third-order valence-electron chi connectivity index (χ3n) is 3.07. The number of para-hydroxylation sites is 2. The number of hydrogen-bond acceptors (Lipinski definition) is 7. The van der Waals surface area contributed by atoms with Crippen molar-refractivity contribution in [2.24, 2.45) is 0 Å². The minimum atomic E-state index is -0.999. The summed E-state index contributed by atoms with van der Waals surface area (Å²) < 4.78 is 19.4. The van der Waals surface area contributed by atoms with Crippen LogP contribution < -0.4 is 9.47 Å². The fraction of sp³-hybridized carbons (Fsp3) is 0.167. The van der Waals surface area contributed by atoms with Crippen molar-refractivity contribution < 1.29 is 33.3 Å². The maximum Gasteiger partial charge on any atom is 0.513 e. The van der Waals surface area contributed by atoms with Gasteiger partial charge in [0, 0.05) is 0 Å². The van der Waals surface area contributed by atoms with Crippen LogP contribution in [0.1, 0.15) is 16.8 Å². The zero-order chi connectivity index (χ0) is 18.9. The van der Waals surface area contributed by atoms with Crippen molar-refractivity contribution in [1.82, 2.24) is 0 Å². The van der Waals surface area contributed by atoms with E-state index in [0.717, 1.165) is 0 Å². The summed E-state index contributed by atoms with van der Waals surface area (Å²) in [5.41, 5.74) is 0.113. The van der Waals surface area contributed by atoms with Crippen LogP contribution in [-0.4, -0.2) is 31.8 Å². The number of benzene rings is 2. The van der Waals surface area contributed by atoms with Gasteiger partial charge in [-0.2, -0.15) is 0 Å². The Balaban J connectivity index is 1.82. The molecule has 26 heavy (non-hydrogen) atoms. The highest BCUT2D eigenvalue weighted by Gasteiger charge is 2.16. The molecule has 0 saturated heterocycles. The van der Waals surface area contributed by atoms with Crippen LogP contribution in [0, 0.1) is 0 Å². The van der Waals surface area contributed by atoms with E-state index in [1.807, 2.05) is 0 Å². The second-order valence-corrected chi connectivity index (χ2v) is 5.25. The highest BCUT2D eigenvalue weighted by atomic mass is 35.5. The smallest absolute Gasteiger partial charge is 0.465 e. The number of methoxy groups -OCH3 is 1. The van der Waals surface area contributed by atoms with Crippen molar-refractivity contribution >= 4 is 29.7 Å². The van der Waals surface area contributed by atoms with Gasteiger partial charge < -0.3 is 18.9 Å². The lowest BCUT2D eigenvalue weighted by molar-refractivity contribution is -0.135. The molecule has 0 aromatic heterocycles. The summed E-state index contributed by atoms with van der Waals surface area (Å²) in [6, 6.07) is 12.5. The third kappa shape index (κ3) is 5.49. The maximum atomic E-state index is 11.8. The first-order chi connectivity index (χ1) is 12.5. The van der Waals surface area contributed by atoms with Gasteiger partial charge in [-0.3, -0.25) is 4.79 Å². The number of rotatable bonds is 6. The fourth-order valence-electron chi connectivity index (χ4n) is 1.87.